The molecule has 1 atom stereocenters. The van der Waals surface area contributed by atoms with Crippen molar-refractivity contribution >= 4 is 0 Å². The molecular weight excluding hydrogens is 164 g/mol. The van der Waals surface area contributed by atoms with Crippen LogP contribution in [0.2, 0.25) is 0 Å². The monoisotopic (exact) mass is 182 g/mol. The van der Waals surface area contributed by atoms with Gasteiger partial charge in [0.25, 0.3) is 0 Å². The molecule has 0 saturated heterocycles. The van der Waals surface area contributed by atoms with Crippen molar-refractivity contribution in [2.24, 2.45) is 0 Å². The van der Waals surface area contributed by atoms with Gasteiger partial charge >= 0.3 is 0 Å². The summed E-state index contributed by atoms with van der Waals surface area (Å²) in [7, 11) is 0. The Bertz CT molecular complexity index is 209. The van der Waals surface area contributed by atoms with Crippen molar-refractivity contribution in [2.75, 3.05) is 0 Å². The van der Waals surface area contributed by atoms with Crippen LogP contribution in [0.5, 0.6) is 0 Å². The zero-order chi connectivity index (χ0) is 9.52. The molecule has 0 aliphatic heterocycles. The molecule has 0 aliphatic rings. The van der Waals surface area contributed by atoms with Crippen LogP contribution in [0.15, 0.2) is 17.0 Å². The van der Waals surface area contributed by atoms with E-state index in [4.69, 9.17) is 4.52 Å². The molecule has 3 heteroatoms. The Morgan fingerprint density at radius 1 is 1.62 bits per heavy atom. The maximum Gasteiger partial charge on any atom is 0.128 e. The molecule has 1 aromatic heterocycles. The third-order valence-corrected chi connectivity index (χ3v) is 2.13. The highest BCUT2D eigenvalue weighted by Crippen LogP contribution is 2.01. The van der Waals surface area contributed by atoms with Crippen LogP contribution in [0.1, 0.15) is 38.7 Å². The molecule has 0 spiro atoms. The standard InChI is InChI=1S/C10H18N2O/c1-3-4-5-9(2)11-6-10-7-12-13-8-10/h7-9,11H,3-6H2,1-2H3. The first-order valence-electron chi connectivity index (χ1n) is 4.94. The lowest BCUT2D eigenvalue weighted by Gasteiger charge is -2.11. The topological polar surface area (TPSA) is 38.1 Å². The van der Waals surface area contributed by atoms with Crippen LogP contribution >= 0.6 is 0 Å². The van der Waals surface area contributed by atoms with Gasteiger partial charge in [0.05, 0.1) is 6.20 Å². The Labute approximate surface area is 79.5 Å². The summed E-state index contributed by atoms with van der Waals surface area (Å²) in [5, 5.41) is 7.07. The van der Waals surface area contributed by atoms with Crippen LogP contribution in [-0.2, 0) is 6.54 Å². The molecule has 1 heterocycles. The second kappa shape index (κ2) is 5.75. The van der Waals surface area contributed by atoms with Crippen molar-refractivity contribution in [3.63, 3.8) is 0 Å². The highest BCUT2D eigenvalue weighted by molar-refractivity contribution is 4.99. The van der Waals surface area contributed by atoms with Crippen molar-refractivity contribution in [3.8, 4) is 0 Å². The third-order valence-electron chi connectivity index (χ3n) is 2.13. The summed E-state index contributed by atoms with van der Waals surface area (Å²) in [6, 6.07) is 0.579. The molecule has 0 bridgehead atoms. The first-order valence-corrected chi connectivity index (χ1v) is 4.94. The molecule has 1 aromatic rings. The molecule has 0 aromatic carbocycles. The largest absolute Gasteiger partial charge is 0.364 e. The first kappa shape index (κ1) is 10.3. The number of unbranched alkanes of at least 4 members (excludes halogenated alkanes) is 1. The van der Waals surface area contributed by atoms with Gasteiger partial charge in [-0.2, -0.15) is 0 Å². The van der Waals surface area contributed by atoms with E-state index in [0.717, 1.165) is 12.1 Å². The van der Waals surface area contributed by atoms with E-state index in [9.17, 15) is 0 Å². The fraction of sp³-hybridized carbons (Fsp3) is 0.700. The third kappa shape index (κ3) is 4.08. The van der Waals surface area contributed by atoms with Crippen LogP contribution in [0.3, 0.4) is 0 Å². The molecular formula is C10H18N2O. The lowest BCUT2D eigenvalue weighted by Crippen LogP contribution is -2.24. The van der Waals surface area contributed by atoms with Gasteiger partial charge in [0.2, 0.25) is 0 Å². The summed E-state index contributed by atoms with van der Waals surface area (Å²) in [4.78, 5) is 0. The molecule has 3 nitrogen and oxygen atoms in total. The quantitative estimate of drug-likeness (QED) is 0.733. The summed E-state index contributed by atoms with van der Waals surface area (Å²) in [6.45, 7) is 5.28. The first-order chi connectivity index (χ1) is 6.33. The number of aromatic nitrogens is 1. The minimum Gasteiger partial charge on any atom is -0.364 e. The normalized spacial score (nSPS) is 13.1. The Hall–Kier alpha value is -0.830. The van der Waals surface area contributed by atoms with E-state index in [-0.39, 0.29) is 0 Å². The van der Waals surface area contributed by atoms with Crippen molar-refractivity contribution in [1.82, 2.24) is 10.5 Å². The molecule has 74 valence electrons. The highest BCUT2D eigenvalue weighted by atomic mass is 16.5. The fourth-order valence-electron chi connectivity index (χ4n) is 1.22. The minimum atomic E-state index is 0.579. The number of rotatable bonds is 6. The zero-order valence-electron chi connectivity index (χ0n) is 8.42. The van der Waals surface area contributed by atoms with Gasteiger partial charge in [-0.1, -0.05) is 24.9 Å². The molecule has 13 heavy (non-hydrogen) atoms. The summed E-state index contributed by atoms with van der Waals surface area (Å²) >= 11 is 0. The maximum atomic E-state index is 4.74. The Morgan fingerprint density at radius 2 is 2.46 bits per heavy atom. The van der Waals surface area contributed by atoms with Crippen molar-refractivity contribution in [2.45, 2.75) is 45.7 Å². The van der Waals surface area contributed by atoms with Gasteiger partial charge in [0.1, 0.15) is 6.26 Å². The van der Waals surface area contributed by atoms with Crippen molar-refractivity contribution in [3.05, 3.63) is 18.0 Å². The number of hydrogen-bond donors (Lipinski definition) is 1. The Balaban J connectivity index is 2.11. The Kier molecular flexibility index (Phi) is 4.54. The lowest BCUT2D eigenvalue weighted by atomic mass is 10.1. The minimum absolute atomic E-state index is 0.579. The highest BCUT2D eigenvalue weighted by Gasteiger charge is 2.01. The lowest BCUT2D eigenvalue weighted by molar-refractivity contribution is 0.417. The molecule has 0 fully saturated rings. The predicted molar refractivity (Wildman–Crippen MR) is 52.3 cm³/mol. The molecule has 0 amide bonds. The molecule has 0 radical (unpaired) electrons. The molecule has 1 rings (SSSR count). The van der Waals surface area contributed by atoms with Gasteiger partial charge in [-0.3, -0.25) is 0 Å². The van der Waals surface area contributed by atoms with E-state index >= 15 is 0 Å². The molecule has 1 N–H and O–H groups in total. The van der Waals surface area contributed by atoms with Crippen LogP contribution in [0.25, 0.3) is 0 Å². The number of nitrogens with zero attached hydrogens (tertiary/aromatic N) is 1. The van der Waals surface area contributed by atoms with Gasteiger partial charge in [0, 0.05) is 18.2 Å². The second-order valence-electron chi connectivity index (χ2n) is 3.46. The SMILES string of the molecule is CCCCC(C)NCc1cnoc1. The zero-order valence-corrected chi connectivity index (χ0v) is 8.42. The summed E-state index contributed by atoms with van der Waals surface area (Å²) < 4.78 is 4.74. The van der Waals surface area contributed by atoms with E-state index in [2.05, 4.69) is 24.3 Å². The van der Waals surface area contributed by atoms with Crippen LogP contribution in [0, 0.1) is 0 Å². The summed E-state index contributed by atoms with van der Waals surface area (Å²) in [5.41, 5.74) is 1.11. The van der Waals surface area contributed by atoms with Gasteiger partial charge < -0.3 is 9.84 Å². The molecule has 0 saturated carbocycles. The number of hydrogen-bond acceptors (Lipinski definition) is 3. The van der Waals surface area contributed by atoms with Gasteiger partial charge in [-0.05, 0) is 13.3 Å². The molecule has 0 aliphatic carbocycles. The molecule has 1 unspecified atom stereocenters. The predicted octanol–water partition coefficient (Wildman–Crippen LogP) is 2.34. The van der Waals surface area contributed by atoms with E-state index in [0.29, 0.717) is 6.04 Å². The van der Waals surface area contributed by atoms with Crippen LogP contribution in [-0.4, -0.2) is 11.2 Å². The van der Waals surface area contributed by atoms with Crippen molar-refractivity contribution < 1.29 is 4.52 Å². The maximum absolute atomic E-state index is 4.74. The van der Waals surface area contributed by atoms with E-state index in [1.807, 2.05) is 0 Å². The average Bonchev–Trinajstić information content (AvgIpc) is 2.64. The van der Waals surface area contributed by atoms with E-state index < -0.39 is 0 Å². The Morgan fingerprint density at radius 3 is 3.08 bits per heavy atom. The van der Waals surface area contributed by atoms with Crippen LogP contribution in [0.4, 0.5) is 0 Å². The van der Waals surface area contributed by atoms with Crippen LogP contribution < -0.4 is 5.32 Å². The number of nitrogens with one attached hydrogen (secondary N) is 1. The van der Waals surface area contributed by atoms with E-state index in [1.165, 1.54) is 19.3 Å². The second-order valence-corrected chi connectivity index (χ2v) is 3.46. The van der Waals surface area contributed by atoms with E-state index in [1.54, 1.807) is 12.5 Å². The van der Waals surface area contributed by atoms with Gasteiger partial charge in [-0.25, -0.2) is 0 Å². The smallest absolute Gasteiger partial charge is 0.128 e. The average molecular weight is 182 g/mol. The summed E-state index contributed by atoms with van der Waals surface area (Å²) in [6.07, 6.45) is 7.22. The van der Waals surface area contributed by atoms with Crippen molar-refractivity contribution in [1.29, 1.82) is 0 Å². The van der Waals surface area contributed by atoms with Gasteiger partial charge in [-0.15, -0.1) is 0 Å². The summed E-state index contributed by atoms with van der Waals surface area (Å²) in [5.74, 6) is 0. The van der Waals surface area contributed by atoms with Gasteiger partial charge in [0.15, 0.2) is 0 Å². The fourth-order valence-corrected chi connectivity index (χ4v) is 1.22.